The molecular formula is C15H22BNO3. The van der Waals surface area contributed by atoms with Gasteiger partial charge in [0.15, 0.2) is 0 Å². The first-order valence-electron chi connectivity index (χ1n) is 7.43. The lowest BCUT2D eigenvalue weighted by molar-refractivity contribution is -0.150. The van der Waals surface area contributed by atoms with Crippen LogP contribution in [0.5, 0.6) is 0 Å². The molecule has 4 fully saturated rings. The second kappa shape index (κ2) is 4.78. The van der Waals surface area contributed by atoms with Crippen LogP contribution in [-0.2, 0) is 14.1 Å². The van der Waals surface area contributed by atoms with Crippen molar-refractivity contribution in [1.82, 2.24) is 5.32 Å². The van der Waals surface area contributed by atoms with E-state index in [9.17, 15) is 4.79 Å². The van der Waals surface area contributed by atoms with Gasteiger partial charge in [-0.1, -0.05) is 19.8 Å². The smallest absolute Gasteiger partial charge is 0.404 e. The Bertz CT molecular complexity index is 481. The van der Waals surface area contributed by atoms with E-state index < -0.39 is 7.12 Å². The molecule has 3 saturated carbocycles. The third kappa shape index (κ3) is 2.06. The molecule has 108 valence electrons. The van der Waals surface area contributed by atoms with E-state index in [1.54, 1.807) is 6.92 Å². The Kier molecular flexibility index (Phi) is 3.34. The van der Waals surface area contributed by atoms with Gasteiger partial charge in [0.05, 0.1) is 12.2 Å². The van der Waals surface area contributed by atoms with Gasteiger partial charge in [0.2, 0.25) is 5.91 Å². The van der Waals surface area contributed by atoms with Crippen LogP contribution in [0, 0.1) is 29.1 Å². The van der Waals surface area contributed by atoms with E-state index in [0.29, 0.717) is 11.3 Å². The molecule has 1 N–H and O–H groups in total. The standard InChI is InChI=1S/C15H22BNO3/c1-5-6-13(17-9(2)18)16-19-12-8-10-7-11(14(12)20-16)15(10,3)4/h10-14H,7-8H2,1-4H3,(H,17,18)/t10-,11+,12?,13?,14?/m0/s1. The van der Waals surface area contributed by atoms with Crippen molar-refractivity contribution in [3.63, 3.8) is 0 Å². The zero-order valence-electron chi connectivity index (χ0n) is 12.6. The lowest BCUT2D eigenvalue weighted by atomic mass is 9.47. The number of rotatable bonds is 2. The van der Waals surface area contributed by atoms with Gasteiger partial charge in [-0.25, -0.2) is 0 Å². The lowest BCUT2D eigenvalue weighted by Gasteiger charge is -2.60. The molecule has 0 aromatic rings. The average Bonchev–Trinajstić information content (AvgIpc) is 2.80. The summed E-state index contributed by atoms with van der Waals surface area (Å²) in [7, 11) is -0.434. The van der Waals surface area contributed by atoms with Gasteiger partial charge in [-0.2, -0.15) is 0 Å². The highest BCUT2D eigenvalue weighted by Crippen LogP contribution is 2.61. The van der Waals surface area contributed by atoms with Crippen LogP contribution in [0.25, 0.3) is 0 Å². The third-order valence-corrected chi connectivity index (χ3v) is 5.36. The topological polar surface area (TPSA) is 47.6 Å². The number of hydrogen-bond donors (Lipinski definition) is 1. The molecule has 3 unspecified atom stereocenters. The molecule has 1 heterocycles. The van der Waals surface area contributed by atoms with Crippen LogP contribution in [0.15, 0.2) is 0 Å². The summed E-state index contributed by atoms with van der Waals surface area (Å²) in [6, 6.07) is 0. The Hall–Kier alpha value is -0.985. The Balaban J connectivity index is 1.72. The molecule has 4 nitrogen and oxygen atoms in total. The van der Waals surface area contributed by atoms with Crippen LogP contribution in [0.4, 0.5) is 0 Å². The monoisotopic (exact) mass is 275 g/mol. The van der Waals surface area contributed by atoms with E-state index >= 15 is 0 Å². The summed E-state index contributed by atoms with van der Waals surface area (Å²) in [6.45, 7) is 7.91. The van der Waals surface area contributed by atoms with Gasteiger partial charge in [-0.15, -0.1) is 5.92 Å². The van der Waals surface area contributed by atoms with Crippen LogP contribution in [0.2, 0.25) is 0 Å². The SMILES string of the molecule is CC#CC(NC(C)=O)B1OC2C[C@@H]3C[C@H](C2O1)C3(C)C. The molecule has 5 heteroatoms. The fraction of sp³-hybridized carbons (Fsp3) is 0.800. The molecule has 0 aromatic heterocycles. The highest BCUT2D eigenvalue weighted by atomic mass is 16.7. The highest BCUT2D eigenvalue weighted by Gasteiger charge is 2.62. The quantitative estimate of drug-likeness (QED) is 0.612. The molecule has 4 aliphatic rings. The highest BCUT2D eigenvalue weighted by molar-refractivity contribution is 6.48. The number of amides is 1. The molecular weight excluding hydrogens is 253 g/mol. The van der Waals surface area contributed by atoms with Crippen molar-refractivity contribution >= 4 is 13.0 Å². The van der Waals surface area contributed by atoms with Crippen LogP contribution < -0.4 is 5.32 Å². The second-order valence-electron chi connectivity index (χ2n) is 6.81. The van der Waals surface area contributed by atoms with Crippen LogP contribution >= 0.6 is 0 Å². The largest absolute Gasteiger partial charge is 0.494 e. The molecule has 2 bridgehead atoms. The summed E-state index contributed by atoms with van der Waals surface area (Å²) < 4.78 is 12.2. The average molecular weight is 275 g/mol. The predicted molar refractivity (Wildman–Crippen MR) is 76.5 cm³/mol. The first-order valence-corrected chi connectivity index (χ1v) is 7.43. The summed E-state index contributed by atoms with van der Waals surface area (Å²) in [5, 5.41) is 2.82. The maximum Gasteiger partial charge on any atom is 0.494 e. The normalized spacial score (nSPS) is 38.1. The predicted octanol–water partition coefficient (Wildman–Crippen LogP) is 1.39. The summed E-state index contributed by atoms with van der Waals surface area (Å²) in [6.07, 6.45) is 2.65. The van der Waals surface area contributed by atoms with Crippen molar-refractivity contribution in [2.75, 3.05) is 0 Å². The number of carbonyl (C=O) groups excluding carboxylic acids is 1. The molecule has 0 aromatic carbocycles. The van der Waals surface area contributed by atoms with Gasteiger partial charge < -0.3 is 14.6 Å². The fourth-order valence-corrected chi connectivity index (χ4v) is 4.07. The van der Waals surface area contributed by atoms with E-state index in [0.717, 1.165) is 12.3 Å². The molecule has 3 aliphatic carbocycles. The minimum Gasteiger partial charge on any atom is -0.404 e. The van der Waals surface area contributed by atoms with E-state index in [1.165, 1.54) is 13.3 Å². The van der Waals surface area contributed by atoms with Crippen molar-refractivity contribution in [1.29, 1.82) is 0 Å². The molecule has 5 atom stereocenters. The van der Waals surface area contributed by atoms with Gasteiger partial charge in [-0.05, 0) is 37.0 Å². The molecule has 1 saturated heterocycles. The van der Waals surface area contributed by atoms with Gasteiger partial charge in [0.1, 0.15) is 5.94 Å². The van der Waals surface area contributed by atoms with E-state index in [4.69, 9.17) is 9.31 Å². The van der Waals surface area contributed by atoms with Gasteiger partial charge in [0, 0.05) is 6.92 Å². The van der Waals surface area contributed by atoms with Crippen molar-refractivity contribution in [2.45, 2.75) is 58.7 Å². The second-order valence-corrected chi connectivity index (χ2v) is 6.81. The van der Waals surface area contributed by atoms with Crippen molar-refractivity contribution in [3.8, 4) is 11.8 Å². The third-order valence-electron chi connectivity index (χ3n) is 5.36. The minimum absolute atomic E-state index is 0.107. The maximum absolute atomic E-state index is 11.3. The van der Waals surface area contributed by atoms with Gasteiger partial charge >= 0.3 is 7.12 Å². The zero-order chi connectivity index (χ0) is 14.5. The van der Waals surface area contributed by atoms with Crippen molar-refractivity contribution in [3.05, 3.63) is 0 Å². The van der Waals surface area contributed by atoms with Crippen molar-refractivity contribution < 1.29 is 14.1 Å². The molecule has 0 spiro atoms. The Morgan fingerprint density at radius 3 is 2.75 bits per heavy atom. The molecule has 0 radical (unpaired) electrons. The van der Waals surface area contributed by atoms with Gasteiger partial charge in [0.25, 0.3) is 0 Å². The summed E-state index contributed by atoms with van der Waals surface area (Å²) >= 11 is 0. The summed E-state index contributed by atoms with van der Waals surface area (Å²) in [5.41, 5.74) is 0.360. The van der Waals surface area contributed by atoms with E-state index in [1.807, 2.05) is 0 Å². The Morgan fingerprint density at radius 1 is 1.40 bits per heavy atom. The molecule has 1 aliphatic heterocycles. The van der Waals surface area contributed by atoms with Crippen LogP contribution in [-0.4, -0.2) is 31.2 Å². The summed E-state index contributed by atoms with van der Waals surface area (Å²) in [5.74, 6) is 6.66. The number of carbonyl (C=O) groups is 1. The Morgan fingerprint density at radius 2 is 2.15 bits per heavy atom. The maximum atomic E-state index is 11.3. The van der Waals surface area contributed by atoms with Crippen LogP contribution in [0.1, 0.15) is 40.5 Å². The summed E-state index contributed by atoms with van der Waals surface area (Å²) in [4.78, 5) is 11.3. The van der Waals surface area contributed by atoms with Gasteiger partial charge in [-0.3, -0.25) is 4.79 Å². The fourth-order valence-electron chi connectivity index (χ4n) is 4.07. The Labute approximate surface area is 121 Å². The molecule has 1 amide bonds. The minimum atomic E-state index is -0.434. The van der Waals surface area contributed by atoms with E-state index in [-0.39, 0.29) is 24.1 Å². The molecule has 20 heavy (non-hydrogen) atoms. The lowest BCUT2D eigenvalue weighted by Crippen LogP contribution is -2.59. The molecule has 4 rings (SSSR count). The number of nitrogens with one attached hydrogen (secondary N) is 1. The first-order chi connectivity index (χ1) is 9.43. The first kappa shape index (κ1) is 14.0. The zero-order valence-corrected chi connectivity index (χ0v) is 12.6. The van der Waals surface area contributed by atoms with Crippen molar-refractivity contribution in [2.24, 2.45) is 17.3 Å². The number of hydrogen-bond acceptors (Lipinski definition) is 3. The van der Waals surface area contributed by atoms with E-state index in [2.05, 4.69) is 31.0 Å². The van der Waals surface area contributed by atoms with Crippen LogP contribution in [0.3, 0.4) is 0 Å².